The molecular weight excluding hydrogens is 262 g/mol. The van der Waals surface area contributed by atoms with Gasteiger partial charge in [0.15, 0.2) is 0 Å². The highest BCUT2D eigenvalue weighted by molar-refractivity contribution is 6.62. The molecule has 0 saturated carbocycles. The molecule has 1 saturated heterocycles. The minimum absolute atomic E-state index is 0.129. The lowest BCUT2D eigenvalue weighted by Gasteiger charge is -2.32. The van der Waals surface area contributed by atoms with Gasteiger partial charge in [0.25, 0.3) is 0 Å². The van der Waals surface area contributed by atoms with Crippen LogP contribution in [0.3, 0.4) is 0 Å². The number of halogens is 1. The Bertz CT molecular complexity index is 526. The van der Waals surface area contributed by atoms with Gasteiger partial charge in [-0.3, -0.25) is 4.79 Å². The third kappa shape index (κ3) is 2.71. The first-order chi connectivity index (χ1) is 9.12. The van der Waals surface area contributed by atoms with Crippen molar-refractivity contribution in [3.05, 3.63) is 29.6 Å². The van der Waals surface area contributed by atoms with Crippen molar-refractivity contribution in [1.29, 1.82) is 0 Å². The zero-order chi connectivity index (χ0) is 15.1. The molecule has 108 valence electrons. The number of carboxylic acid groups (broad SMARTS) is 1. The fraction of sp³-hybridized carbons (Fsp3) is 0.500. The molecule has 0 spiro atoms. The first-order valence-corrected chi connectivity index (χ1v) is 6.48. The van der Waals surface area contributed by atoms with E-state index >= 15 is 0 Å². The molecule has 2 rings (SSSR count). The van der Waals surface area contributed by atoms with Gasteiger partial charge >= 0.3 is 13.1 Å². The number of benzene rings is 1. The first kappa shape index (κ1) is 15.0. The largest absolute Gasteiger partial charge is 0.494 e. The lowest BCUT2D eigenvalue weighted by molar-refractivity contribution is -0.136. The molecule has 1 aliphatic heterocycles. The predicted molar refractivity (Wildman–Crippen MR) is 73.5 cm³/mol. The van der Waals surface area contributed by atoms with Crippen molar-refractivity contribution in [2.75, 3.05) is 0 Å². The Morgan fingerprint density at radius 1 is 1.25 bits per heavy atom. The number of rotatable bonds is 3. The zero-order valence-electron chi connectivity index (χ0n) is 12.1. The van der Waals surface area contributed by atoms with Crippen LogP contribution in [0.2, 0.25) is 0 Å². The fourth-order valence-corrected chi connectivity index (χ4v) is 2.02. The number of aliphatic carboxylic acids is 1. The maximum atomic E-state index is 13.6. The Hall–Kier alpha value is -1.40. The normalized spacial score (nSPS) is 20.1. The summed E-state index contributed by atoms with van der Waals surface area (Å²) in [6, 6.07) is 4.30. The van der Waals surface area contributed by atoms with Gasteiger partial charge in [0, 0.05) is 0 Å². The Morgan fingerprint density at radius 2 is 1.80 bits per heavy atom. The van der Waals surface area contributed by atoms with Gasteiger partial charge in [0.2, 0.25) is 0 Å². The van der Waals surface area contributed by atoms with Crippen molar-refractivity contribution < 1.29 is 23.6 Å². The summed E-state index contributed by atoms with van der Waals surface area (Å²) in [5.41, 5.74) is -0.219. The Balaban J connectivity index is 2.29. The second kappa shape index (κ2) is 4.86. The van der Waals surface area contributed by atoms with Crippen molar-refractivity contribution >= 4 is 18.6 Å². The van der Waals surface area contributed by atoms with E-state index < -0.39 is 30.1 Å². The fourth-order valence-electron chi connectivity index (χ4n) is 2.02. The van der Waals surface area contributed by atoms with Gasteiger partial charge in [-0.2, -0.15) is 0 Å². The molecule has 1 heterocycles. The minimum atomic E-state index is -1.07. The summed E-state index contributed by atoms with van der Waals surface area (Å²) in [6.45, 7) is 7.70. The summed E-state index contributed by atoms with van der Waals surface area (Å²) in [5.74, 6) is -1.61. The van der Waals surface area contributed by atoms with Gasteiger partial charge in [-0.05, 0) is 44.8 Å². The van der Waals surface area contributed by atoms with Crippen LogP contribution in [0.25, 0.3) is 0 Å². The summed E-state index contributed by atoms with van der Waals surface area (Å²) < 4.78 is 25.3. The van der Waals surface area contributed by atoms with Gasteiger partial charge in [0.05, 0.1) is 17.6 Å². The van der Waals surface area contributed by atoms with Crippen LogP contribution in [0.1, 0.15) is 33.3 Å². The van der Waals surface area contributed by atoms with E-state index in [0.29, 0.717) is 5.46 Å². The summed E-state index contributed by atoms with van der Waals surface area (Å²) in [7, 11) is -0.617. The molecule has 1 fully saturated rings. The van der Waals surface area contributed by atoms with Crippen LogP contribution in [-0.4, -0.2) is 29.4 Å². The molecule has 6 heteroatoms. The van der Waals surface area contributed by atoms with Crippen molar-refractivity contribution in [2.45, 2.75) is 45.3 Å². The van der Waals surface area contributed by atoms with Crippen LogP contribution in [0.5, 0.6) is 0 Å². The minimum Gasteiger partial charge on any atom is -0.481 e. The molecule has 0 atom stereocenters. The third-order valence-corrected chi connectivity index (χ3v) is 3.94. The van der Waals surface area contributed by atoms with Crippen molar-refractivity contribution in [1.82, 2.24) is 0 Å². The van der Waals surface area contributed by atoms with Crippen LogP contribution in [0.4, 0.5) is 4.39 Å². The molecule has 0 bridgehead atoms. The van der Waals surface area contributed by atoms with E-state index in [0.717, 1.165) is 0 Å². The van der Waals surface area contributed by atoms with E-state index in [4.69, 9.17) is 14.4 Å². The Morgan fingerprint density at radius 3 is 2.30 bits per heavy atom. The van der Waals surface area contributed by atoms with Gasteiger partial charge in [-0.15, -0.1) is 0 Å². The standard InChI is InChI=1S/C14H18BFO4/c1-13(2)14(3,4)20-15(19-13)10-5-6-11(16)9(7-10)8-12(17)18/h5-7H,8H2,1-4H3,(H,17,18). The van der Waals surface area contributed by atoms with E-state index in [1.54, 1.807) is 6.07 Å². The number of hydrogen-bond donors (Lipinski definition) is 1. The molecule has 1 N–H and O–H groups in total. The van der Waals surface area contributed by atoms with Crippen LogP contribution in [-0.2, 0) is 20.5 Å². The van der Waals surface area contributed by atoms with E-state index in [1.165, 1.54) is 12.1 Å². The molecular formula is C14H18BFO4. The Labute approximate surface area is 118 Å². The molecule has 1 aliphatic rings. The van der Waals surface area contributed by atoms with Crippen molar-refractivity contribution in [3.63, 3.8) is 0 Å². The summed E-state index contributed by atoms with van der Waals surface area (Å²) >= 11 is 0. The van der Waals surface area contributed by atoms with Crippen LogP contribution in [0, 0.1) is 5.82 Å². The highest BCUT2D eigenvalue weighted by Gasteiger charge is 2.51. The first-order valence-electron chi connectivity index (χ1n) is 6.48. The highest BCUT2D eigenvalue weighted by Crippen LogP contribution is 2.36. The van der Waals surface area contributed by atoms with E-state index in [1.807, 2.05) is 27.7 Å². The van der Waals surface area contributed by atoms with Crippen molar-refractivity contribution in [3.8, 4) is 0 Å². The van der Waals surface area contributed by atoms with Gasteiger partial charge in [0.1, 0.15) is 5.82 Å². The third-order valence-electron chi connectivity index (χ3n) is 3.94. The van der Waals surface area contributed by atoms with Crippen LogP contribution in [0.15, 0.2) is 18.2 Å². The molecule has 0 radical (unpaired) electrons. The second-order valence-corrected chi connectivity index (χ2v) is 6.01. The van der Waals surface area contributed by atoms with Crippen LogP contribution >= 0.6 is 0 Å². The maximum absolute atomic E-state index is 13.6. The molecule has 0 unspecified atom stereocenters. The number of carbonyl (C=O) groups is 1. The SMILES string of the molecule is CC1(C)OB(c2ccc(F)c(CC(=O)O)c2)OC1(C)C. The summed E-state index contributed by atoms with van der Waals surface area (Å²) in [5, 5.41) is 8.78. The quantitative estimate of drug-likeness (QED) is 0.857. The molecule has 1 aromatic carbocycles. The predicted octanol–water partition coefficient (Wildman–Crippen LogP) is 1.75. The lowest BCUT2D eigenvalue weighted by atomic mass is 9.78. The molecule has 4 nitrogen and oxygen atoms in total. The van der Waals surface area contributed by atoms with Crippen molar-refractivity contribution in [2.24, 2.45) is 0 Å². The lowest BCUT2D eigenvalue weighted by Crippen LogP contribution is -2.41. The topological polar surface area (TPSA) is 55.8 Å². The average molecular weight is 280 g/mol. The molecule has 1 aromatic rings. The molecule has 20 heavy (non-hydrogen) atoms. The van der Waals surface area contributed by atoms with Gasteiger partial charge < -0.3 is 14.4 Å². The number of hydrogen-bond acceptors (Lipinski definition) is 3. The van der Waals surface area contributed by atoms with E-state index in [9.17, 15) is 9.18 Å². The Kier molecular flexibility index (Phi) is 3.65. The average Bonchev–Trinajstić information content (AvgIpc) is 2.50. The zero-order valence-corrected chi connectivity index (χ0v) is 12.1. The van der Waals surface area contributed by atoms with Crippen LogP contribution < -0.4 is 5.46 Å². The monoisotopic (exact) mass is 280 g/mol. The molecule has 0 aliphatic carbocycles. The summed E-state index contributed by atoms with van der Waals surface area (Å²) in [4.78, 5) is 10.7. The van der Waals surface area contributed by atoms with Gasteiger partial charge in [-0.1, -0.05) is 12.1 Å². The maximum Gasteiger partial charge on any atom is 0.494 e. The smallest absolute Gasteiger partial charge is 0.481 e. The van der Waals surface area contributed by atoms with E-state index in [-0.39, 0.29) is 12.0 Å². The second-order valence-electron chi connectivity index (χ2n) is 6.01. The summed E-state index contributed by atoms with van der Waals surface area (Å²) in [6.07, 6.45) is -0.362. The van der Waals surface area contributed by atoms with E-state index in [2.05, 4.69) is 0 Å². The molecule has 0 aromatic heterocycles. The van der Waals surface area contributed by atoms with Gasteiger partial charge in [-0.25, -0.2) is 4.39 Å². The number of carboxylic acids is 1. The molecule has 0 amide bonds. The highest BCUT2D eigenvalue weighted by atomic mass is 19.1.